The Bertz CT molecular complexity index is 1440. The van der Waals surface area contributed by atoms with E-state index in [4.69, 9.17) is 20.4 Å². The van der Waals surface area contributed by atoms with Crippen LogP contribution >= 0.6 is 11.3 Å². The molecular weight excluding hydrogens is 615 g/mol. The molecular formula is C27H32F3N3O10S. The van der Waals surface area contributed by atoms with Gasteiger partial charge in [-0.05, 0) is 24.8 Å². The molecule has 13 nitrogen and oxygen atoms in total. The minimum Gasteiger partial charge on any atom is -0.481 e. The van der Waals surface area contributed by atoms with Crippen LogP contribution in [0.5, 0.6) is 0 Å². The summed E-state index contributed by atoms with van der Waals surface area (Å²) >= 11 is 1.02. The van der Waals surface area contributed by atoms with Crippen molar-refractivity contribution in [3.8, 4) is 0 Å². The third-order valence-corrected chi connectivity index (χ3v) is 8.75. The smallest absolute Gasteiger partial charge is 0.416 e. The summed E-state index contributed by atoms with van der Waals surface area (Å²) < 4.78 is 39.4. The number of hydrogen-bond acceptors (Lipinski definition) is 10. The normalized spacial score (nSPS) is 16.7. The molecule has 4 rings (SSSR count). The Morgan fingerprint density at radius 2 is 1.52 bits per heavy atom. The minimum atomic E-state index is -4.76. The van der Waals surface area contributed by atoms with E-state index in [2.05, 4.69) is 4.90 Å². The van der Waals surface area contributed by atoms with Crippen LogP contribution in [-0.4, -0.2) is 86.5 Å². The standard InChI is InChI=1S/C21H24F3N3O3S.C6H8O7/c22-21(23,24)15-10-16-18(28)12-19(31-20(16)17(11-15)27(29)30)26-8-6-25(7-9-26)13-14-4-2-1-3-5-14;7-3(8)1-6(13,5(11)12)2-4(9)10/h10-12,14H,1-9,13H2;13H,1-2H2,(H,7,8)(H,9,10)(H,11,12). The molecule has 2 aliphatic rings. The molecule has 2 aromatic rings. The summed E-state index contributed by atoms with van der Waals surface area (Å²) in [6.07, 6.45) is -0.588. The molecule has 1 saturated heterocycles. The van der Waals surface area contributed by atoms with Gasteiger partial charge in [0.1, 0.15) is 4.70 Å². The van der Waals surface area contributed by atoms with E-state index in [1.54, 1.807) is 0 Å². The van der Waals surface area contributed by atoms with Crippen LogP contribution in [0.15, 0.2) is 23.0 Å². The number of carbonyl (C=O) groups is 3. The zero-order chi connectivity index (χ0) is 32.8. The van der Waals surface area contributed by atoms with Crippen LogP contribution in [0.25, 0.3) is 10.1 Å². The number of rotatable bonds is 9. The molecule has 1 aliphatic heterocycles. The number of alkyl halides is 3. The molecule has 2 fully saturated rings. The molecule has 0 spiro atoms. The Labute approximate surface area is 252 Å². The fourth-order valence-electron chi connectivity index (χ4n) is 5.28. The van der Waals surface area contributed by atoms with Crippen LogP contribution in [0.2, 0.25) is 0 Å². The Hall–Kier alpha value is -3.83. The van der Waals surface area contributed by atoms with Gasteiger partial charge in [0.05, 0.1) is 28.3 Å². The molecule has 4 N–H and O–H groups in total. The van der Waals surface area contributed by atoms with Gasteiger partial charge in [-0.1, -0.05) is 19.3 Å². The van der Waals surface area contributed by atoms with Gasteiger partial charge in [0.15, 0.2) is 11.0 Å². The molecule has 17 heteroatoms. The molecule has 1 aliphatic carbocycles. The zero-order valence-corrected chi connectivity index (χ0v) is 24.2. The predicted molar refractivity (Wildman–Crippen MR) is 152 cm³/mol. The summed E-state index contributed by atoms with van der Waals surface area (Å²) in [6.45, 7) is 4.12. The van der Waals surface area contributed by atoms with Gasteiger partial charge in [-0.3, -0.25) is 29.4 Å². The first-order valence-electron chi connectivity index (χ1n) is 13.7. The molecule has 2 heterocycles. The van der Waals surface area contributed by atoms with Crippen molar-refractivity contribution in [1.82, 2.24) is 4.90 Å². The number of nitro groups is 1. The summed E-state index contributed by atoms with van der Waals surface area (Å²) in [7, 11) is 0. The van der Waals surface area contributed by atoms with Crippen LogP contribution in [0.1, 0.15) is 50.5 Å². The van der Waals surface area contributed by atoms with E-state index in [0.717, 1.165) is 36.9 Å². The monoisotopic (exact) mass is 647 g/mol. The van der Waals surface area contributed by atoms with Crippen molar-refractivity contribution in [1.29, 1.82) is 0 Å². The third kappa shape index (κ3) is 9.09. The largest absolute Gasteiger partial charge is 0.481 e. The van der Waals surface area contributed by atoms with Crippen LogP contribution in [0.3, 0.4) is 0 Å². The number of carboxylic acids is 3. The number of halogens is 3. The number of anilines is 1. The van der Waals surface area contributed by atoms with Crippen molar-refractivity contribution >= 4 is 50.0 Å². The quantitative estimate of drug-likeness (QED) is 0.228. The molecule has 1 aromatic carbocycles. The van der Waals surface area contributed by atoms with E-state index in [0.29, 0.717) is 30.2 Å². The average molecular weight is 648 g/mol. The van der Waals surface area contributed by atoms with E-state index in [1.807, 2.05) is 4.90 Å². The highest BCUT2D eigenvalue weighted by molar-refractivity contribution is 7.22. The van der Waals surface area contributed by atoms with E-state index in [-0.39, 0.29) is 10.1 Å². The highest BCUT2D eigenvalue weighted by Crippen LogP contribution is 2.39. The maximum atomic E-state index is 13.1. The number of piperazine rings is 1. The lowest BCUT2D eigenvalue weighted by atomic mass is 9.89. The Balaban J connectivity index is 0.000000345. The SMILES string of the molecule is O=C(O)CC(O)(CC(=O)O)C(=O)O.O=c1cc(N2CCN(CC3CCCCC3)CC2)sc2c([N+](=O)[O-])cc(C(F)(F)F)cc12. The number of nitrogens with zero attached hydrogens (tertiary/aromatic N) is 3. The molecule has 0 atom stereocenters. The second kappa shape index (κ2) is 14.3. The second-order valence-electron chi connectivity index (χ2n) is 10.8. The van der Waals surface area contributed by atoms with E-state index >= 15 is 0 Å². The Kier molecular flexibility index (Phi) is 11.3. The number of nitro benzene ring substituents is 1. The Morgan fingerprint density at radius 1 is 0.955 bits per heavy atom. The second-order valence-corrected chi connectivity index (χ2v) is 11.9. The number of non-ortho nitro benzene ring substituents is 1. The summed E-state index contributed by atoms with van der Waals surface area (Å²) in [5.74, 6) is -4.28. The predicted octanol–water partition coefficient (Wildman–Crippen LogP) is 3.64. The number of aliphatic hydroxyl groups is 1. The average Bonchev–Trinajstić information content (AvgIpc) is 2.92. The van der Waals surface area contributed by atoms with Crippen LogP contribution < -0.4 is 10.3 Å². The van der Waals surface area contributed by atoms with Crippen molar-refractivity contribution in [2.75, 3.05) is 37.6 Å². The lowest BCUT2D eigenvalue weighted by Crippen LogP contribution is -2.48. The molecule has 0 bridgehead atoms. The van der Waals surface area contributed by atoms with Gasteiger partial charge in [0.2, 0.25) is 0 Å². The fourth-order valence-corrected chi connectivity index (χ4v) is 6.48. The van der Waals surface area contributed by atoms with Gasteiger partial charge in [-0.15, -0.1) is 11.3 Å². The number of fused-ring (bicyclic) bond motifs is 1. The number of benzene rings is 1. The van der Waals surface area contributed by atoms with Gasteiger partial charge in [0, 0.05) is 50.2 Å². The van der Waals surface area contributed by atoms with Crippen molar-refractivity contribution in [3.05, 3.63) is 44.1 Å². The van der Waals surface area contributed by atoms with Crippen LogP contribution in [-0.2, 0) is 20.6 Å². The van der Waals surface area contributed by atoms with Crippen molar-refractivity contribution < 1.29 is 52.9 Å². The maximum Gasteiger partial charge on any atom is 0.416 e. The van der Waals surface area contributed by atoms with Crippen LogP contribution in [0, 0.1) is 16.0 Å². The molecule has 0 amide bonds. The molecule has 44 heavy (non-hydrogen) atoms. The van der Waals surface area contributed by atoms with Crippen molar-refractivity contribution in [3.63, 3.8) is 0 Å². The van der Waals surface area contributed by atoms with Gasteiger partial charge in [-0.25, -0.2) is 4.79 Å². The number of hydrogen-bond donors (Lipinski definition) is 4. The molecule has 1 saturated carbocycles. The minimum absolute atomic E-state index is 0.00913. The lowest BCUT2D eigenvalue weighted by Gasteiger charge is -2.38. The van der Waals surface area contributed by atoms with Crippen LogP contribution in [0.4, 0.5) is 23.9 Å². The third-order valence-electron chi connectivity index (χ3n) is 7.53. The van der Waals surface area contributed by atoms with E-state index < -0.39 is 64.1 Å². The maximum absolute atomic E-state index is 13.1. The molecule has 1 aromatic heterocycles. The van der Waals surface area contributed by atoms with E-state index in [9.17, 15) is 42.5 Å². The van der Waals surface area contributed by atoms with Crippen molar-refractivity contribution in [2.24, 2.45) is 5.92 Å². The summed E-state index contributed by atoms with van der Waals surface area (Å²) in [6, 6.07) is 2.55. The highest BCUT2D eigenvalue weighted by atomic mass is 32.1. The van der Waals surface area contributed by atoms with Gasteiger partial charge < -0.3 is 25.3 Å². The molecule has 0 unspecified atom stereocenters. The molecule has 0 radical (unpaired) electrons. The first kappa shape index (κ1) is 34.7. The summed E-state index contributed by atoms with van der Waals surface area (Å²) in [4.78, 5) is 58.1. The van der Waals surface area contributed by atoms with Gasteiger partial charge in [0.25, 0.3) is 5.69 Å². The molecule has 242 valence electrons. The Morgan fingerprint density at radius 3 is 2.00 bits per heavy atom. The van der Waals surface area contributed by atoms with E-state index in [1.165, 1.54) is 38.2 Å². The first-order chi connectivity index (χ1) is 20.5. The number of carboxylic acid groups (broad SMARTS) is 3. The van der Waals surface area contributed by atoms with Gasteiger partial charge in [-0.2, -0.15) is 13.2 Å². The fraction of sp³-hybridized carbons (Fsp3) is 0.556. The lowest BCUT2D eigenvalue weighted by molar-refractivity contribution is -0.383. The summed E-state index contributed by atoms with van der Waals surface area (Å²) in [5.41, 5.74) is -5.22. The zero-order valence-electron chi connectivity index (χ0n) is 23.4. The van der Waals surface area contributed by atoms with Crippen molar-refractivity contribution in [2.45, 2.75) is 56.7 Å². The first-order valence-corrected chi connectivity index (χ1v) is 14.5. The topological polar surface area (TPSA) is 199 Å². The summed E-state index contributed by atoms with van der Waals surface area (Å²) in [5, 5.41) is 45.6. The highest BCUT2D eigenvalue weighted by Gasteiger charge is 2.41. The van der Waals surface area contributed by atoms with Gasteiger partial charge >= 0.3 is 24.1 Å². The number of aliphatic carboxylic acids is 3.